The summed E-state index contributed by atoms with van der Waals surface area (Å²) in [5.74, 6) is -0.384. The molecule has 1 aromatic rings. The van der Waals surface area contributed by atoms with E-state index in [0.717, 1.165) is 0 Å². The van der Waals surface area contributed by atoms with Gasteiger partial charge < -0.3 is 10.1 Å². The normalized spacial score (nSPS) is 13.3. The van der Waals surface area contributed by atoms with Crippen LogP contribution in [0.25, 0.3) is 0 Å². The minimum absolute atomic E-state index is 0.129. The first-order chi connectivity index (χ1) is 7.11. The number of pyridine rings is 1. The number of esters is 1. The molecule has 1 N–H and O–H groups in total. The van der Waals surface area contributed by atoms with E-state index in [1.165, 1.54) is 13.2 Å². The molecule has 1 aromatic heterocycles. The highest BCUT2D eigenvalue weighted by Crippen LogP contribution is 2.27. The van der Waals surface area contributed by atoms with Gasteiger partial charge in [-0.1, -0.05) is 11.6 Å². The highest BCUT2D eigenvalue weighted by atomic mass is 35.5. The van der Waals surface area contributed by atoms with Crippen LogP contribution in [-0.4, -0.2) is 24.0 Å². The maximum Gasteiger partial charge on any atom is 0.338 e. The van der Waals surface area contributed by atoms with Gasteiger partial charge in [-0.15, -0.1) is 0 Å². The highest BCUT2D eigenvalue weighted by Gasteiger charge is 2.26. The number of ether oxygens (including phenoxy) is 1. The summed E-state index contributed by atoms with van der Waals surface area (Å²) in [4.78, 5) is 26.4. The SMILES string of the molecule is COC(=O)c1cc(Cl)nc2c1CC(=O)N2. The van der Waals surface area contributed by atoms with E-state index in [4.69, 9.17) is 11.6 Å². The summed E-state index contributed by atoms with van der Waals surface area (Å²) in [6, 6.07) is 1.40. The number of hydrogen-bond acceptors (Lipinski definition) is 4. The Morgan fingerprint density at radius 2 is 2.40 bits per heavy atom. The van der Waals surface area contributed by atoms with Gasteiger partial charge in [0.2, 0.25) is 5.91 Å². The molecule has 0 aromatic carbocycles. The lowest BCUT2D eigenvalue weighted by Gasteiger charge is -2.04. The molecule has 0 bridgehead atoms. The second kappa shape index (κ2) is 3.51. The number of aromatic nitrogens is 1. The Kier molecular flexibility index (Phi) is 2.32. The molecule has 15 heavy (non-hydrogen) atoms. The Balaban J connectivity index is 2.56. The fourth-order valence-electron chi connectivity index (χ4n) is 1.45. The van der Waals surface area contributed by atoms with Gasteiger partial charge >= 0.3 is 5.97 Å². The third kappa shape index (κ3) is 1.66. The Bertz CT molecular complexity index is 459. The molecule has 0 aliphatic carbocycles. The number of methoxy groups -OCH3 is 1. The third-order valence-corrected chi connectivity index (χ3v) is 2.29. The number of amides is 1. The third-order valence-electron chi connectivity index (χ3n) is 2.09. The van der Waals surface area contributed by atoms with E-state index in [1.54, 1.807) is 0 Å². The van der Waals surface area contributed by atoms with E-state index in [-0.39, 0.29) is 23.0 Å². The van der Waals surface area contributed by atoms with Crippen molar-refractivity contribution in [3.63, 3.8) is 0 Å². The zero-order chi connectivity index (χ0) is 11.0. The summed E-state index contributed by atoms with van der Waals surface area (Å²) in [6.45, 7) is 0. The molecule has 0 spiro atoms. The molecule has 0 saturated carbocycles. The van der Waals surface area contributed by atoms with Gasteiger partial charge in [0, 0.05) is 5.56 Å². The Morgan fingerprint density at radius 3 is 3.07 bits per heavy atom. The molecule has 0 fully saturated rings. The summed E-state index contributed by atoms with van der Waals surface area (Å²) in [5.41, 5.74) is 0.821. The van der Waals surface area contributed by atoms with Gasteiger partial charge in [0.1, 0.15) is 11.0 Å². The molecule has 1 amide bonds. The maximum atomic E-state index is 11.4. The van der Waals surface area contributed by atoms with Crippen LogP contribution in [-0.2, 0) is 16.0 Å². The Labute approximate surface area is 90.4 Å². The lowest BCUT2D eigenvalue weighted by atomic mass is 10.1. The first-order valence-corrected chi connectivity index (χ1v) is 4.57. The van der Waals surface area contributed by atoms with Gasteiger partial charge in [0.25, 0.3) is 0 Å². The topological polar surface area (TPSA) is 68.3 Å². The van der Waals surface area contributed by atoms with Crippen LogP contribution in [0.5, 0.6) is 0 Å². The molecular formula is C9H7ClN2O3. The van der Waals surface area contributed by atoms with Crippen LogP contribution in [0.2, 0.25) is 5.15 Å². The monoisotopic (exact) mass is 226 g/mol. The predicted octanol–water partition coefficient (Wildman–Crippen LogP) is 1.02. The molecule has 0 radical (unpaired) electrons. The van der Waals surface area contributed by atoms with Crippen molar-refractivity contribution < 1.29 is 14.3 Å². The molecule has 0 saturated heterocycles. The fraction of sp³-hybridized carbons (Fsp3) is 0.222. The van der Waals surface area contributed by atoms with Crippen molar-refractivity contribution in [2.45, 2.75) is 6.42 Å². The van der Waals surface area contributed by atoms with Crippen LogP contribution in [0.15, 0.2) is 6.07 Å². The minimum Gasteiger partial charge on any atom is -0.465 e. The van der Waals surface area contributed by atoms with Crippen LogP contribution >= 0.6 is 11.6 Å². The number of nitrogens with one attached hydrogen (secondary N) is 1. The van der Waals surface area contributed by atoms with E-state index < -0.39 is 5.97 Å². The summed E-state index contributed by atoms with van der Waals surface area (Å²) in [6.07, 6.45) is 0.129. The number of hydrogen-bond donors (Lipinski definition) is 1. The molecule has 0 unspecified atom stereocenters. The smallest absolute Gasteiger partial charge is 0.338 e. The lowest BCUT2D eigenvalue weighted by Crippen LogP contribution is -2.06. The molecule has 2 heterocycles. The minimum atomic E-state index is -0.521. The summed E-state index contributed by atoms with van der Waals surface area (Å²) >= 11 is 5.71. The molecule has 6 heteroatoms. The van der Waals surface area contributed by atoms with Crippen LogP contribution in [0, 0.1) is 0 Å². The Hall–Kier alpha value is -1.62. The average Bonchev–Trinajstić information content (AvgIpc) is 2.55. The average molecular weight is 227 g/mol. The first kappa shape index (κ1) is 9.92. The van der Waals surface area contributed by atoms with Gasteiger partial charge in [-0.05, 0) is 6.07 Å². The number of rotatable bonds is 1. The van der Waals surface area contributed by atoms with E-state index in [0.29, 0.717) is 11.4 Å². The summed E-state index contributed by atoms with van der Waals surface area (Å²) in [5, 5.41) is 2.66. The predicted molar refractivity (Wildman–Crippen MR) is 52.9 cm³/mol. The van der Waals surface area contributed by atoms with Crippen LogP contribution in [0.4, 0.5) is 5.82 Å². The largest absolute Gasteiger partial charge is 0.465 e. The number of carbonyl (C=O) groups excluding carboxylic acids is 2. The zero-order valence-electron chi connectivity index (χ0n) is 7.83. The maximum absolute atomic E-state index is 11.4. The van der Waals surface area contributed by atoms with Crippen molar-refractivity contribution in [3.05, 3.63) is 22.3 Å². The van der Waals surface area contributed by atoms with Crippen molar-refractivity contribution >= 4 is 29.3 Å². The summed E-state index contributed by atoms with van der Waals surface area (Å²) < 4.78 is 4.59. The molecular weight excluding hydrogens is 220 g/mol. The standard InChI is InChI=1S/C9H7ClN2O3/c1-15-9(14)5-2-6(10)11-8-4(5)3-7(13)12-8/h2H,3H2,1H3,(H,11,12,13). The van der Waals surface area contributed by atoms with Gasteiger partial charge in [-0.2, -0.15) is 0 Å². The van der Waals surface area contributed by atoms with E-state index >= 15 is 0 Å². The van der Waals surface area contributed by atoms with Crippen LogP contribution < -0.4 is 5.32 Å². The van der Waals surface area contributed by atoms with Gasteiger partial charge in [0.15, 0.2) is 0 Å². The lowest BCUT2D eigenvalue weighted by molar-refractivity contribution is -0.115. The van der Waals surface area contributed by atoms with Gasteiger partial charge in [0.05, 0.1) is 19.1 Å². The zero-order valence-corrected chi connectivity index (χ0v) is 8.59. The first-order valence-electron chi connectivity index (χ1n) is 4.19. The Morgan fingerprint density at radius 1 is 1.67 bits per heavy atom. The molecule has 1 aliphatic rings. The number of halogens is 1. The molecule has 0 atom stereocenters. The van der Waals surface area contributed by atoms with E-state index in [9.17, 15) is 9.59 Å². The fourth-order valence-corrected chi connectivity index (χ4v) is 1.65. The molecule has 78 valence electrons. The quantitative estimate of drug-likeness (QED) is 0.573. The van der Waals surface area contributed by atoms with Crippen molar-refractivity contribution in [2.24, 2.45) is 0 Å². The van der Waals surface area contributed by atoms with Crippen molar-refractivity contribution in [1.29, 1.82) is 0 Å². The number of anilines is 1. The molecule has 5 nitrogen and oxygen atoms in total. The second-order valence-corrected chi connectivity index (χ2v) is 3.42. The van der Waals surface area contributed by atoms with Gasteiger partial charge in [-0.25, -0.2) is 9.78 Å². The van der Waals surface area contributed by atoms with Crippen molar-refractivity contribution in [3.8, 4) is 0 Å². The molecule has 1 aliphatic heterocycles. The van der Waals surface area contributed by atoms with Crippen molar-refractivity contribution in [1.82, 2.24) is 4.98 Å². The van der Waals surface area contributed by atoms with E-state index in [2.05, 4.69) is 15.0 Å². The number of fused-ring (bicyclic) bond motifs is 1. The van der Waals surface area contributed by atoms with Gasteiger partial charge in [-0.3, -0.25) is 4.79 Å². The summed E-state index contributed by atoms with van der Waals surface area (Å²) in [7, 11) is 1.27. The molecule has 2 rings (SSSR count). The highest BCUT2D eigenvalue weighted by molar-refractivity contribution is 6.30. The van der Waals surface area contributed by atoms with E-state index in [1.807, 2.05) is 0 Å². The van der Waals surface area contributed by atoms with Crippen LogP contribution in [0.3, 0.4) is 0 Å². The number of carbonyl (C=O) groups is 2. The van der Waals surface area contributed by atoms with Crippen LogP contribution in [0.1, 0.15) is 15.9 Å². The second-order valence-electron chi connectivity index (χ2n) is 3.04. The number of nitrogens with zero attached hydrogens (tertiary/aromatic N) is 1. The van der Waals surface area contributed by atoms with Crippen molar-refractivity contribution in [2.75, 3.05) is 12.4 Å².